The summed E-state index contributed by atoms with van der Waals surface area (Å²) in [5.74, 6) is 1.49. The van der Waals surface area contributed by atoms with Crippen molar-refractivity contribution >= 4 is 38.9 Å². The molecule has 2 rings (SSSR count). The molecular formula is C14H14BrClO2S. The Morgan fingerprint density at radius 1 is 1.11 bits per heavy atom. The molecule has 2 aromatic rings. The van der Waals surface area contributed by atoms with Crippen molar-refractivity contribution in [2.45, 2.75) is 12.3 Å². The zero-order valence-electron chi connectivity index (χ0n) is 10.9. The molecule has 0 aliphatic carbocycles. The Balaban J connectivity index is 2.43. The van der Waals surface area contributed by atoms with Crippen LogP contribution in [-0.4, -0.2) is 14.2 Å². The second kappa shape index (κ2) is 6.16. The van der Waals surface area contributed by atoms with Gasteiger partial charge in [0.1, 0.15) is 11.5 Å². The minimum atomic E-state index is -0.216. The summed E-state index contributed by atoms with van der Waals surface area (Å²) in [7, 11) is 3.27. The molecule has 0 aliphatic rings. The lowest BCUT2D eigenvalue weighted by atomic mass is 10.0. The van der Waals surface area contributed by atoms with Crippen LogP contribution in [0.5, 0.6) is 11.5 Å². The van der Waals surface area contributed by atoms with Gasteiger partial charge in [0, 0.05) is 10.9 Å². The van der Waals surface area contributed by atoms with Gasteiger partial charge in [0.2, 0.25) is 0 Å². The van der Waals surface area contributed by atoms with E-state index in [4.69, 9.17) is 21.1 Å². The number of hydrogen-bond acceptors (Lipinski definition) is 3. The Morgan fingerprint density at radius 3 is 2.11 bits per heavy atom. The summed E-state index contributed by atoms with van der Waals surface area (Å²) < 4.78 is 11.6. The fraction of sp³-hybridized carbons (Fsp3) is 0.286. The molecule has 0 fully saturated rings. The quantitative estimate of drug-likeness (QED) is 0.700. The van der Waals surface area contributed by atoms with E-state index in [9.17, 15) is 0 Å². The average Bonchev–Trinajstić information content (AvgIpc) is 2.76. The molecule has 1 unspecified atom stereocenters. The van der Waals surface area contributed by atoms with Crippen LogP contribution in [0.1, 0.15) is 21.4 Å². The first-order chi connectivity index (χ1) is 9.05. The molecule has 102 valence electrons. The molecule has 0 N–H and O–H groups in total. The minimum absolute atomic E-state index is 0.216. The molecule has 1 atom stereocenters. The molecule has 0 saturated carbocycles. The molecule has 0 spiro atoms. The summed E-state index contributed by atoms with van der Waals surface area (Å²) in [5.41, 5.74) is 2.07. The summed E-state index contributed by atoms with van der Waals surface area (Å²) in [5, 5.41) is -0.216. The number of rotatable bonds is 4. The van der Waals surface area contributed by atoms with Crippen LogP contribution >= 0.6 is 38.9 Å². The first-order valence-corrected chi connectivity index (χ1v) is 7.72. The van der Waals surface area contributed by atoms with Crippen LogP contribution in [0.4, 0.5) is 0 Å². The highest BCUT2D eigenvalue weighted by Crippen LogP contribution is 2.39. The molecule has 0 aliphatic heterocycles. The Kier molecular flexibility index (Phi) is 4.76. The second-order valence-electron chi connectivity index (χ2n) is 4.07. The van der Waals surface area contributed by atoms with Gasteiger partial charge in [0.05, 0.1) is 23.4 Å². The zero-order chi connectivity index (χ0) is 14.0. The van der Waals surface area contributed by atoms with E-state index in [-0.39, 0.29) is 5.38 Å². The molecular weight excluding hydrogens is 348 g/mol. The first kappa shape index (κ1) is 14.7. The SMILES string of the molecule is COc1cc(OC)cc(C(Cl)c2cc(Br)sc2C)c1. The van der Waals surface area contributed by atoms with Crippen molar-refractivity contribution in [2.24, 2.45) is 0 Å². The van der Waals surface area contributed by atoms with Gasteiger partial charge in [0.25, 0.3) is 0 Å². The van der Waals surface area contributed by atoms with Crippen molar-refractivity contribution in [1.29, 1.82) is 0 Å². The first-order valence-electron chi connectivity index (χ1n) is 5.68. The van der Waals surface area contributed by atoms with Gasteiger partial charge in [-0.05, 0) is 52.2 Å². The van der Waals surface area contributed by atoms with Crippen LogP contribution in [0.3, 0.4) is 0 Å². The zero-order valence-corrected chi connectivity index (χ0v) is 14.0. The van der Waals surface area contributed by atoms with E-state index in [2.05, 4.69) is 28.9 Å². The van der Waals surface area contributed by atoms with Gasteiger partial charge in [-0.15, -0.1) is 22.9 Å². The lowest BCUT2D eigenvalue weighted by Gasteiger charge is -2.13. The predicted octanol–water partition coefficient (Wildman–Crippen LogP) is 5.16. The lowest BCUT2D eigenvalue weighted by molar-refractivity contribution is 0.393. The average molecular weight is 362 g/mol. The van der Waals surface area contributed by atoms with E-state index >= 15 is 0 Å². The second-order valence-corrected chi connectivity index (χ2v) is 7.14. The number of aryl methyl sites for hydroxylation is 1. The standard InChI is InChI=1S/C14H14BrClO2S/c1-8-12(7-13(15)19-8)14(16)9-4-10(17-2)6-11(5-9)18-3/h4-7,14H,1-3H3. The predicted molar refractivity (Wildman–Crippen MR) is 84.0 cm³/mol. The van der Waals surface area contributed by atoms with Gasteiger partial charge < -0.3 is 9.47 Å². The summed E-state index contributed by atoms with van der Waals surface area (Å²) >= 11 is 11.8. The van der Waals surface area contributed by atoms with E-state index in [1.54, 1.807) is 25.6 Å². The molecule has 1 aromatic carbocycles. The Hall–Kier alpha value is -0.710. The minimum Gasteiger partial charge on any atom is -0.497 e. The largest absolute Gasteiger partial charge is 0.497 e. The molecule has 1 aromatic heterocycles. The van der Waals surface area contributed by atoms with Crippen LogP contribution in [-0.2, 0) is 0 Å². The van der Waals surface area contributed by atoms with E-state index < -0.39 is 0 Å². The van der Waals surface area contributed by atoms with Crippen molar-refractivity contribution in [2.75, 3.05) is 14.2 Å². The highest BCUT2D eigenvalue weighted by molar-refractivity contribution is 9.11. The molecule has 5 heteroatoms. The van der Waals surface area contributed by atoms with Crippen molar-refractivity contribution in [1.82, 2.24) is 0 Å². The van der Waals surface area contributed by atoms with Gasteiger partial charge in [-0.25, -0.2) is 0 Å². The fourth-order valence-corrected chi connectivity index (χ4v) is 4.03. The monoisotopic (exact) mass is 360 g/mol. The van der Waals surface area contributed by atoms with Gasteiger partial charge in [-0.2, -0.15) is 0 Å². The Bertz CT molecular complexity index is 561. The van der Waals surface area contributed by atoms with Crippen LogP contribution in [0.15, 0.2) is 28.1 Å². The van der Waals surface area contributed by atoms with E-state index in [0.29, 0.717) is 0 Å². The third kappa shape index (κ3) is 3.25. The maximum Gasteiger partial charge on any atom is 0.122 e. The third-order valence-electron chi connectivity index (χ3n) is 2.87. The number of thiophene rings is 1. The van der Waals surface area contributed by atoms with E-state index in [1.165, 1.54) is 4.88 Å². The van der Waals surface area contributed by atoms with Gasteiger partial charge in [-0.3, -0.25) is 0 Å². The van der Waals surface area contributed by atoms with Crippen LogP contribution < -0.4 is 9.47 Å². The Labute approximate surface area is 130 Å². The smallest absolute Gasteiger partial charge is 0.122 e. The van der Waals surface area contributed by atoms with Gasteiger partial charge in [-0.1, -0.05) is 0 Å². The topological polar surface area (TPSA) is 18.5 Å². The number of hydrogen-bond donors (Lipinski definition) is 0. The third-order valence-corrected chi connectivity index (χ3v) is 4.92. The molecule has 19 heavy (non-hydrogen) atoms. The number of halogens is 2. The van der Waals surface area contributed by atoms with Crippen molar-refractivity contribution in [3.63, 3.8) is 0 Å². The summed E-state index contributed by atoms with van der Waals surface area (Å²) in [6, 6.07) is 7.77. The number of benzene rings is 1. The molecule has 2 nitrogen and oxygen atoms in total. The highest BCUT2D eigenvalue weighted by atomic mass is 79.9. The van der Waals surface area contributed by atoms with Gasteiger partial charge in [0.15, 0.2) is 0 Å². The number of alkyl halides is 1. The summed E-state index contributed by atoms with van der Waals surface area (Å²) in [6.07, 6.45) is 0. The van der Waals surface area contributed by atoms with E-state index in [1.807, 2.05) is 18.2 Å². The maximum absolute atomic E-state index is 6.58. The van der Waals surface area contributed by atoms with Crippen LogP contribution in [0.25, 0.3) is 0 Å². The lowest BCUT2D eigenvalue weighted by Crippen LogP contribution is -1.96. The number of ether oxygens (including phenoxy) is 2. The van der Waals surface area contributed by atoms with Crippen molar-refractivity contribution in [3.05, 3.63) is 44.1 Å². The molecule has 0 saturated heterocycles. The van der Waals surface area contributed by atoms with Gasteiger partial charge >= 0.3 is 0 Å². The van der Waals surface area contributed by atoms with Crippen LogP contribution in [0, 0.1) is 6.92 Å². The van der Waals surface area contributed by atoms with Crippen molar-refractivity contribution in [3.8, 4) is 11.5 Å². The normalized spacial score (nSPS) is 12.3. The molecule has 0 bridgehead atoms. The van der Waals surface area contributed by atoms with Crippen LogP contribution in [0.2, 0.25) is 0 Å². The summed E-state index contributed by atoms with van der Waals surface area (Å²) in [4.78, 5) is 1.20. The fourth-order valence-electron chi connectivity index (χ4n) is 1.87. The molecule has 1 heterocycles. The maximum atomic E-state index is 6.58. The Morgan fingerprint density at radius 2 is 1.68 bits per heavy atom. The highest BCUT2D eigenvalue weighted by Gasteiger charge is 2.17. The van der Waals surface area contributed by atoms with E-state index in [0.717, 1.165) is 26.4 Å². The number of methoxy groups -OCH3 is 2. The molecule has 0 radical (unpaired) electrons. The van der Waals surface area contributed by atoms with Crippen molar-refractivity contribution < 1.29 is 9.47 Å². The summed E-state index contributed by atoms with van der Waals surface area (Å²) in [6.45, 7) is 2.07. The molecule has 0 amide bonds.